The monoisotopic (exact) mass is 443 g/mol. The number of unbranched alkanes of at least 4 members (excludes halogenated alkanes) is 1. The summed E-state index contributed by atoms with van der Waals surface area (Å²) in [5.41, 5.74) is 1.87. The summed E-state index contributed by atoms with van der Waals surface area (Å²) in [6, 6.07) is 14.6. The highest BCUT2D eigenvalue weighted by Gasteiger charge is 2.15. The molecule has 3 rings (SSSR count). The number of amides is 1. The number of hydrogen-bond donors (Lipinski definition) is 1. The Balaban J connectivity index is 1.63. The summed E-state index contributed by atoms with van der Waals surface area (Å²) in [6.45, 7) is 0.386. The molecule has 0 fully saturated rings. The molecule has 0 saturated heterocycles. The van der Waals surface area contributed by atoms with Crippen molar-refractivity contribution in [2.45, 2.75) is 19.4 Å². The van der Waals surface area contributed by atoms with Gasteiger partial charge in [-0.15, -0.1) is 16.7 Å². The molecule has 1 N–H and O–H groups in total. The summed E-state index contributed by atoms with van der Waals surface area (Å²) in [7, 11) is 1.72. The smallest absolute Gasteiger partial charge is 0.412 e. The number of halogens is 1. The lowest BCUT2D eigenvalue weighted by molar-refractivity contribution is 0.128. The maximum absolute atomic E-state index is 11.8. The number of nitrogens with zero attached hydrogens (tertiary/aromatic N) is 6. The molecule has 0 unspecified atom stereocenters. The van der Waals surface area contributed by atoms with Gasteiger partial charge in [-0.25, -0.2) is 14.5 Å². The van der Waals surface area contributed by atoms with E-state index < -0.39 is 6.09 Å². The van der Waals surface area contributed by atoms with E-state index in [1.807, 2.05) is 30.3 Å². The van der Waals surface area contributed by atoms with Crippen LogP contribution in [-0.2, 0) is 23.2 Å². The molecule has 0 radical (unpaired) electrons. The van der Waals surface area contributed by atoms with Gasteiger partial charge in [0, 0.05) is 18.5 Å². The van der Waals surface area contributed by atoms with Crippen LogP contribution in [0, 0.1) is 0 Å². The van der Waals surface area contributed by atoms with Crippen molar-refractivity contribution < 1.29 is 14.4 Å². The molecule has 0 aliphatic heterocycles. The summed E-state index contributed by atoms with van der Waals surface area (Å²) >= 11 is 5.60. The molecule has 162 valence electrons. The van der Waals surface area contributed by atoms with Gasteiger partial charge in [-0.3, -0.25) is 5.32 Å². The molecule has 11 heteroatoms. The number of aromatic nitrogens is 5. The van der Waals surface area contributed by atoms with Crippen molar-refractivity contribution in [3.8, 4) is 0 Å². The zero-order valence-corrected chi connectivity index (χ0v) is 17.7. The number of rotatable bonds is 10. The van der Waals surface area contributed by atoms with Crippen LogP contribution in [0.5, 0.6) is 0 Å². The van der Waals surface area contributed by atoms with E-state index in [1.165, 1.54) is 4.68 Å². The first-order valence-electron chi connectivity index (χ1n) is 9.61. The van der Waals surface area contributed by atoms with Crippen molar-refractivity contribution in [1.29, 1.82) is 0 Å². The van der Waals surface area contributed by atoms with Crippen LogP contribution < -0.4 is 5.32 Å². The number of carbonyl (C=O) groups excluding carboxylic acids is 1. The van der Waals surface area contributed by atoms with Crippen molar-refractivity contribution in [3.05, 3.63) is 65.6 Å². The highest BCUT2D eigenvalue weighted by molar-refractivity contribution is 6.17. The number of alkyl halides is 1. The van der Waals surface area contributed by atoms with Gasteiger partial charge in [-0.2, -0.15) is 0 Å². The maximum Gasteiger partial charge on any atom is 0.412 e. The Morgan fingerprint density at radius 2 is 2.00 bits per heavy atom. The molecule has 2 aromatic heterocycles. The number of carbonyl (C=O) groups is 1. The van der Waals surface area contributed by atoms with Crippen LogP contribution in [-0.4, -0.2) is 49.5 Å². The van der Waals surface area contributed by atoms with E-state index in [2.05, 4.69) is 31.0 Å². The average Bonchev–Trinajstić information content (AvgIpc) is 3.21. The van der Waals surface area contributed by atoms with Crippen molar-refractivity contribution in [3.63, 3.8) is 0 Å². The van der Waals surface area contributed by atoms with Crippen molar-refractivity contribution >= 4 is 29.2 Å². The molecule has 10 nitrogen and oxygen atoms in total. The second-order valence-corrected chi connectivity index (χ2v) is 6.75. The fourth-order valence-corrected chi connectivity index (χ4v) is 2.73. The Morgan fingerprint density at radius 3 is 2.74 bits per heavy atom. The van der Waals surface area contributed by atoms with Gasteiger partial charge in [-0.1, -0.05) is 41.6 Å². The third-order valence-corrected chi connectivity index (χ3v) is 4.31. The summed E-state index contributed by atoms with van der Waals surface area (Å²) in [5, 5.41) is 18.3. The predicted molar refractivity (Wildman–Crippen MR) is 115 cm³/mol. The van der Waals surface area contributed by atoms with Crippen molar-refractivity contribution in [2.75, 3.05) is 17.8 Å². The Morgan fingerprint density at radius 1 is 1.16 bits per heavy atom. The first-order chi connectivity index (χ1) is 15.2. The standard InChI is InChI=1S/C20H22ClN7O3/c1-28-19(24-26-27-28)18(15-8-3-2-4-9-15)25-31-14-16-10-7-11-17(22-16)23-20(29)30-13-6-5-12-21/h2-4,7-11H,5-6,12-14H2,1H3,(H,22,23,29)/b25-18-. The normalized spacial score (nSPS) is 11.2. The van der Waals surface area contributed by atoms with E-state index in [0.29, 0.717) is 42.0 Å². The van der Waals surface area contributed by atoms with Crippen LogP contribution in [0.2, 0.25) is 0 Å². The summed E-state index contributed by atoms with van der Waals surface area (Å²) < 4.78 is 6.59. The molecule has 0 atom stereocenters. The first kappa shape index (κ1) is 22.2. The molecule has 1 aromatic carbocycles. The van der Waals surface area contributed by atoms with Crippen LogP contribution in [0.15, 0.2) is 53.7 Å². The van der Waals surface area contributed by atoms with Crippen LogP contribution in [0.25, 0.3) is 0 Å². The molecule has 0 bridgehead atoms. The quantitative estimate of drug-likeness (QED) is 0.221. The maximum atomic E-state index is 11.8. The zero-order valence-electron chi connectivity index (χ0n) is 16.9. The summed E-state index contributed by atoms with van der Waals surface area (Å²) in [5.74, 6) is 1.36. The summed E-state index contributed by atoms with van der Waals surface area (Å²) in [4.78, 5) is 21.7. The molecular weight excluding hydrogens is 422 g/mol. The average molecular weight is 444 g/mol. The second-order valence-electron chi connectivity index (χ2n) is 6.38. The number of benzene rings is 1. The predicted octanol–water partition coefficient (Wildman–Crippen LogP) is 3.14. The Labute approximate surface area is 184 Å². The van der Waals surface area contributed by atoms with Gasteiger partial charge in [0.1, 0.15) is 5.82 Å². The van der Waals surface area contributed by atoms with E-state index in [-0.39, 0.29) is 6.61 Å². The Bertz CT molecular complexity index is 1010. The molecule has 0 aliphatic rings. The molecule has 31 heavy (non-hydrogen) atoms. The number of aryl methyl sites for hydroxylation is 1. The minimum absolute atomic E-state index is 0.0852. The van der Waals surface area contributed by atoms with E-state index in [9.17, 15) is 4.79 Å². The largest absolute Gasteiger partial charge is 0.449 e. The van der Waals surface area contributed by atoms with Gasteiger partial charge >= 0.3 is 6.09 Å². The molecule has 3 aromatic rings. The van der Waals surface area contributed by atoms with Gasteiger partial charge in [0.25, 0.3) is 0 Å². The van der Waals surface area contributed by atoms with E-state index in [4.69, 9.17) is 21.2 Å². The fourth-order valence-electron chi connectivity index (χ4n) is 2.54. The molecule has 1 amide bonds. The number of oxime groups is 1. The molecule has 0 spiro atoms. The lowest BCUT2D eigenvalue weighted by atomic mass is 10.1. The van der Waals surface area contributed by atoms with E-state index >= 15 is 0 Å². The SMILES string of the molecule is Cn1nnnc1/C(=N\OCc1cccc(NC(=O)OCCCCCl)n1)c1ccccc1. The Hall–Kier alpha value is -3.53. The first-order valence-corrected chi connectivity index (χ1v) is 10.1. The molecule has 0 aliphatic carbocycles. The highest BCUT2D eigenvalue weighted by atomic mass is 35.5. The molecule has 0 saturated carbocycles. The van der Waals surface area contributed by atoms with Crippen LogP contribution in [0.1, 0.15) is 29.9 Å². The second kappa shape index (κ2) is 11.6. The van der Waals surface area contributed by atoms with E-state index in [1.54, 1.807) is 25.2 Å². The minimum atomic E-state index is -0.570. The topological polar surface area (TPSA) is 116 Å². The number of ether oxygens (including phenoxy) is 1. The highest BCUT2D eigenvalue weighted by Crippen LogP contribution is 2.10. The third-order valence-electron chi connectivity index (χ3n) is 4.05. The Kier molecular flexibility index (Phi) is 8.29. The van der Waals surface area contributed by atoms with Gasteiger partial charge in [-0.05, 0) is 35.4 Å². The van der Waals surface area contributed by atoms with Gasteiger partial charge in [0.15, 0.2) is 12.3 Å². The number of pyridine rings is 1. The fraction of sp³-hybridized carbons (Fsp3) is 0.300. The van der Waals surface area contributed by atoms with Crippen LogP contribution in [0.4, 0.5) is 10.6 Å². The zero-order chi connectivity index (χ0) is 21.9. The lowest BCUT2D eigenvalue weighted by Gasteiger charge is -2.08. The van der Waals surface area contributed by atoms with Crippen LogP contribution >= 0.6 is 11.6 Å². The van der Waals surface area contributed by atoms with Crippen LogP contribution in [0.3, 0.4) is 0 Å². The van der Waals surface area contributed by atoms with Crippen molar-refractivity contribution in [1.82, 2.24) is 25.2 Å². The number of hydrogen-bond acceptors (Lipinski definition) is 8. The molecule has 2 heterocycles. The van der Waals surface area contributed by atoms with Crippen molar-refractivity contribution in [2.24, 2.45) is 12.2 Å². The van der Waals surface area contributed by atoms with Gasteiger partial charge in [0.05, 0.1) is 12.3 Å². The van der Waals surface area contributed by atoms with Gasteiger partial charge < -0.3 is 9.57 Å². The number of anilines is 1. The minimum Gasteiger partial charge on any atom is -0.449 e. The third kappa shape index (κ3) is 6.75. The lowest BCUT2D eigenvalue weighted by Crippen LogP contribution is -2.15. The van der Waals surface area contributed by atoms with E-state index in [0.717, 1.165) is 12.0 Å². The molecular formula is C20H22ClN7O3. The number of nitrogens with one attached hydrogen (secondary N) is 1. The number of tetrazole rings is 1. The summed E-state index contributed by atoms with van der Waals surface area (Å²) in [6.07, 6.45) is 0.927. The van der Waals surface area contributed by atoms with Gasteiger partial charge in [0.2, 0.25) is 5.82 Å².